The van der Waals surface area contributed by atoms with Crippen LogP contribution in [-0.4, -0.2) is 30.9 Å². The number of alkyl halides is 3. The predicted octanol–water partition coefficient (Wildman–Crippen LogP) is 5.06. The molecule has 1 aromatic carbocycles. The Morgan fingerprint density at radius 1 is 1.15 bits per heavy atom. The van der Waals surface area contributed by atoms with Gasteiger partial charge in [-0.15, -0.1) is 22.7 Å². The highest BCUT2D eigenvalue weighted by Crippen LogP contribution is 2.38. The first kappa shape index (κ1) is 24.6. The van der Waals surface area contributed by atoms with Gasteiger partial charge in [0.05, 0.1) is 17.7 Å². The van der Waals surface area contributed by atoms with Crippen molar-refractivity contribution >= 4 is 44.6 Å². The summed E-state index contributed by atoms with van der Waals surface area (Å²) in [4.78, 5) is 29.5. The molecular formula is C20H17F5N4O2S2. The molecule has 0 aliphatic rings. The van der Waals surface area contributed by atoms with Crippen LogP contribution in [0.4, 0.5) is 32.1 Å². The third-order valence-corrected chi connectivity index (χ3v) is 6.55. The van der Waals surface area contributed by atoms with Crippen LogP contribution in [0.5, 0.6) is 0 Å². The third kappa shape index (κ3) is 4.98. The monoisotopic (exact) mass is 504 g/mol. The van der Waals surface area contributed by atoms with E-state index in [0.29, 0.717) is 22.2 Å². The van der Waals surface area contributed by atoms with E-state index in [1.165, 1.54) is 23.8 Å². The molecule has 2 heterocycles. The molecule has 6 nitrogen and oxygen atoms in total. The maximum atomic E-state index is 14.4. The first-order chi connectivity index (χ1) is 15.5. The van der Waals surface area contributed by atoms with Crippen molar-refractivity contribution in [3.8, 4) is 11.3 Å². The van der Waals surface area contributed by atoms with Gasteiger partial charge in [0.1, 0.15) is 22.2 Å². The van der Waals surface area contributed by atoms with Gasteiger partial charge in [0.2, 0.25) is 5.91 Å². The lowest BCUT2D eigenvalue weighted by Gasteiger charge is -2.11. The molecule has 2 amide bonds. The van der Waals surface area contributed by atoms with E-state index in [4.69, 9.17) is 0 Å². The van der Waals surface area contributed by atoms with Crippen LogP contribution in [0.2, 0.25) is 0 Å². The highest BCUT2D eigenvalue weighted by molar-refractivity contribution is 7.16. The van der Waals surface area contributed by atoms with Crippen LogP contribution in [0.25, 0.3) is 11.3 Å². The summed E-state index contributed by atoms with van der Waals surface area (Å²) in [5, 5.41) is 9.79. The highest BCUT2D eigenvalue weighted by Gasteiger charge is 2.39. The van der Waals surface area contributed by atoms with Crippen molar-refractivity contribution in [1.82, 2.24) is 10.3 Å². The maximum Gasteiger partial charge on any atom is 0.422 e. The molecule has 2 aromatic heterocycles. The molecule has 176 valence electrons. The van der Waals surface area contributed by atoms with Crippen LogP contribution in [0, 0.1) is 18.6 Å². The number of carbonyl (C=O) groups excluding carboxylic acids is 2. The number of rotatable bonds is 6. The number of thiophene rings is 1. The molecule has 0 saturated carbocycles. The lowest BCUT2D eigenvalue weighted by molar-refractivity contribution is -0.142. The summed E-state index contributed by atoms with van der Waals surface area (Å²) in [7, 11) is 3.12. The first-order valence-electron chi connectivity index (χ1n) is 9.30. The van der Waals surface area contributed by atoms with Crippen molar-refractivity contribution in [2.45, 2.75) is 19.5 Å². The molecule has 3 rings (SSSR count). The number of hydrogen-bond donors (Lipinski definition) is 3. The second-order valence-corrected chi connectivity index (χ2v) is 8.80. The van der Waals surface area contributed by atoms with E-state index < -0.39 is 34.8 Å². The largest absolute Gasteiger partial charge is 0.422 e. The van der Waals surface area contributed by atoms with Crippen LogP contribution in [0.15, 0.2) is 17.5 Å². The molecule has 0 aliphatic heterocycles. The SMILES string of the molecule is CNC(=O)c1c(NC)sc(C)c1CC(=O)Nc1nc(-c2ccc(F)c(C(F)(F)F)c2F)cs1. The minimum absolute atomic E-state index is 0.00972. The van der Waals surface area contributed by atoms with Gasteiger partial charge in [-0.05, 0) is 24.6 Å². The summed E-state index contributed by atoms with van der Waals surface area (Å²) in [6, 6.07) is 1.36. The Morgan fingerprint density at radius 3 is 2.45 bits per heavy atom. The standard InChI is InChI=1S/C20H17F5N4O2S2/c1-8-10(14(17(31)26-2)18(27-3)33-8)6-13(30)29-19-28-12(7-32-19)9-4-5-11(21)15(16(9)22)20(23,24)25/h4-5,7,27H,6H2,1-3H3,(H,26,31)(H,28,29,30). The van der Waals surface area contributed by atoms with Crippen LogP contribution >= 0.6 is 22.7 Å². The molecule has 0 fully saturated rings. The molecule has 3 aromatic rings. The average Bonchev–Trinajstić information content (AvgIpc) is 3.30. The Balaban J connectivity index is 1.84. The van der Waals surface area contributed by atoms with Gasteiger partial charge in [-0.25, -0.2) is 13.8 Å². The molecule has 0 atom stereocenters. The lowest BCUT2D eigenvalue weighted by Crippen LogP contribution is -2.22. The van der Waals surface area contributed by atoms with E-state index in [0.717, 1.165) is 22.3 Å². The number of halogens is 5. The predicted molar refractivity (Wildman–Crippen MR) is 117 cm³/mol. The van der Waals surface area contributed by atoms with Gasteiger partial charge in [-0.1, -0.05) is 0 Å². The molecule has 13 heteroatoms. The van der Waals surface area contributed by atoms with Crippen molar-refractivity contribution < 1.29 is 31.5 Å². The fraction of sp³-hybridized carbons (Fsp3) is 0.250. The van der Waals surface area contributed by atoms with Gasteiger partial charge in [-0.2, -0.15) is 13.2 Å². The fourth-order valence-corrected chi connectivity index (χ4v) is 4.87. The average molecular weight is 505 g/mol. The normalized spacial score (nSPS) is 11.4. The van der Waals surface area contributed by atoms with E-state index in [-0.39, 0.29) is 23.2 Å². The number of thiazole rings is 1. The first-order valence-corrected chi connectivity index (χ1v) is 11.0. The smallest absolute Gasteiger partial charge is 0.379 e. The molecule has 33 heavy (non-hydrogen) atoms. The van der Waals surface area contributed by atoms with Gasteiger partial charge in [0, 0.05) is 29.9 Å². The number of amides is 2. The number of nitrogens with zero attached hydrogens (tertiary/aromatic N) is 1. The minimum atomic E-state index is -5.22. The summed E-state index contributed by atoms with van der Waals surface area (Å²) in [5.74, 6) is -4.41. The summed E-state index contributed by atoms with van der Waals surface area (Å²) in [6.07, 6.45) is -5.38. The minimum Gasteiger partial charge on any atom is -0.379 e. The summed E-state index contributed by atoms with van der Waals surface area (Å²) < 4.78 is 66.9. The lowest BCUT2D eigenvalue weighted by atomic mass is 10.1. The zero-order valence-corrected chi connectivity index (χ0v) is 19.0. The second-order valence-electron chi connectivity index (χ2n) is 6.71. The number of benzene rings is 1. The highest BCUT2D eigenvalue weighted by atomic mass is 32.1. The Morgan fingerprint density at radius 2 is 1.85 bits per heavy atom. The van der Waals surface area contributed by atoms with Crippen LogP contribution in [0.1, 0.15) is 26.4 Å². The quantitative estimate of drug-likeness (QED) is 0.410. The van der Waals surface area contributed by atoms with Crippen molar-refractivity contribution in [3.05, 3.63) is 50.7 Å². The Hall–Kier alpha value is -3.06. The van der Waals surface area contributed by atoms with Crippen LogP contribution in [0.3, 0.4) is 0 Å². The van der Waals surface area contributed by atoms with Crippen LogP contribution in [-0.2, 0) is 17.4 Å². The van der Waals surface area contributed by atoms with Crippen molar-refractivity contribution in [2.24, 2.45) is 0 Å². The number of aromatic nitrogens is 1. The molecule has 0 radical (unpaired) electrons. The zero-order valence-electron chi connectivity index (χ0n) is 17.4. The number of carbonyl (C=O) groups is 2. The Labute approximate surface area is 192 Å². The molecule has 0 aliphatic carbocycles. The van der Waals surface area contributed by atoms with E-state index >= 15 is 0 Å². The summed E-state index contributed by atoms with van der Waals surface area (Å²) >= 11 is 2.18. The molecular weight excluding hydrogens is 487 g/mol. The van der Waals surface area contributed by atoms with Gasteiger partial charge in [-0.3, -0.25) is 9.59 Å². The fourth-order valence-electron chi connectivity index (χ4n) is 3.12. The van der Waals surface area contributed by atoms with E-state index in [9.17, 15) is 31.5 Å². The van der Waals surface area contributed by atoms with Gasteiger partial charge in [0.15, 0.2) is 5.13 Å². The number of anilines is 2. The number of aryl methyl sites for hydroxylation is 1. The molecule has 0 spiro atoms. The zero-order chi connectivity index (χ0) is 24.5. The molecule has 0 unspecified atom stereocenters. The Kier molecular flexibility index (Phi) is 7.03. The molecule has 0 bridgehead atoms. The number of nitrogens with one attached hydrogen (secondary N) is 3. The van der Waals surface area contributed by atoms with Crippen molar-refractivity contribution in [1.29, 1.82) is 0 Å². The molecule has 0 saturated heterocycles. The van der Waals surface area contributed by atoms with Crippen LogP contribution < -0.4 is 16.0 Å². The van der Waals surface area contributed by atoms with Gasteiger partial charge in [0.25, 0.3) is 5.91 Å². The summed E-state index contributed by atoms with van der Waals surface area (Å²) in [5.41, 5.74) is -1.89. The maximum absolute atomic E-state index is 14.4. The van der Waals surface area contributed by atoms with Gasteiger partial charge >= 0.3 is 6.18 Å². The molecule has 3 N–H and O–H groups in total. The second kappa shape index (κ2) is 9.43. The van der Waals surface area contributed by atoms with Crippen molar-refractivity contribution in [3.63, 3.8) is 0 Å². The topological polar surface area (TPSA) is 83.1 Å². The summed E-state index contributed by atoms with van der Waals surface area (Å²) in [6.45, 7) is 1.76. The number of hydrogen-bond acceptors (Lipinski definition) is 6. The van der Waals surface area contributed by atoms with E-state index in [1.54, 1.807) is 14.0 Å². The van der Waals surface area contributed by atoms with Crippen molar-refractivity contribution in [2.75, 3.05) is 24.7 Å². The Bertz CT molecular complexity index is 1220. The third-order valence-electron chi connectivity index (χ3n) is 4.63. The van der Waals surface area contributed by atoms with Gasteiger partial charge < -0.3 is 16.0 Å². The van der Waals surface area contributed by atoms with E-state index in [2.05, 4.69) is 20.9 Å². The van der Waals surface area contributed by atoms with E-state index in [1.807, 2.05) is 0 Å².